The van der Waals surface area contributed by atoms with E-state index in [1.54, 1.807) is 6.20 Å². The van der Waals surface area contributed by atoms with E-state index in [2.05, 4.69) is 14.8 Å². The number of rotatable bonds is 2. The summed E-state index contributed by atoms with van der Waals surface area (Å²) in [6.45, 7) is 4.21. The van der Waals surface area contributed by atoms with Crippen molar-refractivity contribution in [2.45, 2.75) is 31.7 Å². The van der Waals surface area contributed by atoms with E-state index in [0.717, 1.165) is 37.9 Å². The number of hydrogen-bond acceptors (Lipinski definition) is 3. The van der Waals surface area contributed by atoms with Gasteiger partial charge in [-0.3, -0.25) is 4.90 Å². The van der Waals surface area contributed by atoms with Crippen LogP contribution in [0.1, 0.15) is 25.7 Å². The Morgan fingerprint density at radius 3 is 2.50 bits per heavy atom. The molecule has 0 amide bonds. The molecule has 18 heavy (non-hydrogen) atoms. The second-order valence-corrected chi connectivity index (χ2v) is 5.30. The van der Waals surface area contributed by atoms with Gasteiger partial charge in [0.1, 0.15) is 0 Å². The highest BCUT2D eigenvalue weighted by molar-refractivity contribution is 5.45. The summed E-state index contributed by atoms with van der Waals surface area (Å²) in [4.78, 5) is 8.48. The maximum Gasteiger partial charge on any atom is 0.214 e. The van der Waals surface area contributed by atoms with Gasteiger partial charge in [-0.25, -0.2) is 4.98 Å². The lowest BCUT2D eigenvalue weighted by Gasteiger charge is -2.39. The zero-order valence-electron chi connectivity index (χ0n) is 10.7. The van der Waals surface area contributed by atoms with Crippen molar-refractivity contribution < 1.29 is 4.39 Å². The second kappa shape index (κ2) is 5.22. The van der Waals surface area contributed by atoms with E-state index < -0.39 is 0 Å². The van der Waals surface area contributed by atoms with Gasteiger partial charge in [0, 0.05) is 50.2 Å². The number of piperazine rings is 1. The van der Waals surface area contributed by atoms with Crippen LogP contribution in [0, 0.1) is 5.95 Å². The fraction of sp³-hybridized carbons (Fsp3) is 0.643. The molecule has 0 spiro atoms. The molecular formula is C14H20FN3. The fourth-order valence-electron chi connectivity index (χ4n) is 3.20. The van der Waals surface area contributed by atoms with Crippen LogP contribution in [0.2, 0.25) is 0 Å². The van der Waals surface area contributed by atoms with Crippen LogP contribution in [-0.4, -0.2) is 42.1 Å². The Morgan fingerprint density at radius 2 is 1.83 bits per heavy atom. The van der Waals surface area contributed by atoms with Gasteiger partial charge in [0.15, 0.2) is 0 Å². The van der Waals surface area contributed by atoms with E-state index in [4.69, 9.17) is 0 Å². The average molecular weight is 249 g/mol. The molecule has 2 aliphatic rings. The van der Waals surface area contributed by atoms with Gasteiger partial charge in [-0.1, -0.05) is 12.8 Å². The Bertz CT molecular complexity index is 396. The predicted molar refractivity (Wildman–Crippen MR) is 70.2 cm³/mol. The van der Waals surface area contributed by atoms with Gasteiger partial charge in [0.05, 0.1) is 0 Å². The fourth-order valence-corrected chi connectivity index (χ4v) is 3.20. The van der Waals surface area contributed by atoms with Crippen LogP contribution in [0.3, 0.4) is 0 Å². The number of halogens is 1. The van der Waals surface area contributed by atoms with Crippen LogP contribution in [0.5, 0.6) is 0 Å². The van der Waals surface area contributed by atoms with Crippen molar-refractivity contribution in [3.8, 4) is 0 Å². The number of aromatic nitrogens is 1. The molecule has 1 aliphatic carbocycles. The van der Waals surface area contributed by atoms with Crippen LogP contribution in [0.15, 0.2) is 18.3 Å². The number of nitrogens with zero attached hydrogens (tertiary/aromatic N) is 3. The Kier molecular flexibility index (Phi) is 3.46. The third-order valence-corrected chi connectivity index (χ3v) is 4.23. The molecule has 3 rings (SSSR count). The van der Waals surface area contributed by atoms with E-state index in [1.807, 2.05) is 6.07 Å². The third kappa shape index (κ3) is 2.48. The van der Waals surface area contributed by atoms with Crippen LogP contribution in [0.4, 0.5) is 10.1 Å². The number of anilines is 1. The summed E-state index contributed by atoms with van der Waals surface area (Å²) in [6, 6.07) is 4.24. The molecule has 1 aromatic heterocycles. The van der Waals surface area contributed by atoms with Crippen LogP contribution in [-0.2, 0) is 0 Å². The van der Waals surface area contributed by atoms with Gasteiger partial charge in [-0.15, -0.1) is 0 Å². The van der Waals surface area contributed by atoms with Gasteiger partial charge in [0.2, 0.25) is 5.95 Å². The van der Waals surface area contributed by atoms with Crippen LogP contribution < -0.4 is 4.90 Å². The molecular weight excluding hydrogens is 229 g/mol. The first-order chi connectivity index (χ1) is 8.83. The van der Waals surface area contributed by atoms with Crippen molar-refractivity contribution in [3.63, 3.8) is 0 Å². The quantitative estimate of drug-likeness (QED) is 0.750. The Morgan fingerprint density at radius 1 is 1.11 bits per heavy atom. The van der Waals surface area contributed by atoms with E-state index in [1.165, 1.54) is 31.7 Å². The first-order valence-electron chi connectivity index (χ1n) is 6.93. The van der Waals surface area contributed by atoms with Crippen molar-refractivity contribution in [1.29, 1.82) is 0 Å². The SMILES string of the molecule is Fc1cc(N2CCN(C3CCCC3)CC2)ccn1. The maximum atomic E-state index is 13.1. The molecule has 1 saturated carbocycles. The molecule has 3 nitrogen and oxygen atoms in total. The first kappa shape index (κ1) is 11.9. The van der Waals surface area contributed by atoms with E-state index >= 15 is 0 Å². The van der Waals surface area contributed by atoms with Crippen molar-refractivity contribution >= 4 is 5.69 Å². The van der Waals surface area contributed by atoms with Crippen molar-refractivity contribution in [1.82, 2.24) is 9.88 Å². The minimum absolute atomic E-state index is 0.384. The highest BCUT2D eigenvalue weighted by atomic mass is 19.1. The van der Waals surface area contributed by atoms with Crippen molar-refractivity contribution in [3.05, 3.63) is 24.3 Å². The Hall–Kier alpha value is -1.16. The molecule has 1 aromatic rings. The summed E-state index contributed by atoms with van der Waals surface area (Å²) in [5, 5.41) is 0. The molecule has 2 heterocycles. The monoisotopic (exact) mass is 249 g/mol. The molecule has 2 fully saturated rings. The molecule has 4 heteroatoms. The molecule has 0 atom stereocenters. The van der Waals surface area contributed by atoms with E-state index in [9.17, 15) is 4.39 Å². The Balaban J connectivity index is 1.59. The topological polar surface area (TPSA) is 19.4 Å². The highest BCUT2D eigenvalue weighted by Crippen LogP contribution is 2.25. The molecule has 98 valence electrons. The van der Waals surface area contributed by atoms with Gasteiger partial charge < -0.3 is 4.90 Å². The van der Waals surface area contributed by atoms with Crippen molar-refractivity contribution in [2.75, 3.05) is 31.1 Å². The summed E-state index contributed by atoms with van der Waals surface area (Å²) in [5.41, 5.74) is 0.966. The lowest BCUT2D eigenvalue weighted by atomic mass is 10.1. The normalized spacial score (nSPS) is 22.6. The standard InChI is InChI=1S/C14H20FN3/c15-14-11-13(5-6-16-14)18-9-7-17(8-10-18)12-3-1-2-4-12/h5-6,11-12H,1-4,7-10H2. The summed E-state index contributed by atoms with van der Waals surface area (Å²) < 4.78 is 13.1. The summed E-state index contributed by atoms with van der Waals surface area (Å²) in [7, 11) is 0. The summed E-state index contributed by atoms with van der Waals surface area (Å²) in [5.74, 6) is -0.384. The molecule has 1 aliphatic heterocycles. The second-order valence-electron chi connectivity index (χ2n) is 5.30. The van der Waals surface area contributed by atoms with Gasteiger partial charge in [-0.05, 0) is 18.9 Å². The minimum atomic E-state index is -0.384. The maximum absolute atomic E-state index is 13.1. The highest BCUT2D eigenvalue weighted by Gasteiger charge is 2.26. The first-order valence-corrected chi connectivity index (χ1v) is 6.93. The lowest BCUT2D eigenvalue weighted by molar-refractivity contribution is 0.187. The van der Waals surface area contributed by atoms with Crippen LogP contribution in [0.25, 0.3) is 0 Å². The van der Waals surface area contributed by atoms with E-state index in [-0.39, 0.29) is 5.95 Å². The third-order valence-electron chi connectivity index (χ3n) is 4.23. The zero-order chi connectivity index (χ0) is 12.4. The van der Waals surface area contributed by atoms with E-state index in [0.29, 0.717) is 0 Å². The smallest absolute Gasteiger partial charge is 0.214 e. The number of hydrogen-bond donors (Lipinski definition) is 0. The lowest BCUT2D eigenvalue weighted by Crippen LogP contribution is -2.49. The van der Waals surface area contributed by atoms with Crippen molar-refractivity contribution in [2.24, 2.45) is 0 Å². The van der Waals surface area contributed by atoms with Gasteiger partial charge in [-0.2, -0.15) is 4.39 Å². The molecule has 0 N–H and O–H groups in total. The summed E-state index contributed by atoms with van der Waals surface area (Å²) in [6.07, 6.45) is 7.06. The van der Waals surface area contributed by atoms with Crippen LogP contribution >= 0.6 is 0 Å². The minimum Gasteiger partial charge on any atom is -0.369 e. The average Bonchev–Trinajstić information content (AvgIpc) is 2.93. The predicted octanol–water partition coefficient (Wildman–Crippen LogP) is 2.29. The van der Waals surface area contributed by atoms with Gasteiger partial charge >= 0.3 is 0 Å². The molecule has 0 bridgehead atoms. The Labute approximate surface area is 108 Å². The largest absolute Gasteiger partial charge is 0.369 e. The number of pyridine rings is 1. The zero-order valence-corrected chi connectivity index (χ0v) is 10.7. The molecule has 0 radical (unpaired) electrons. The summed E-state index contributed by atoms with van der Waals surface area (Å²) >= 11 is 0. The van der Waals surface area contributed by atoms with Gasteiger partial charge in [0.25, 0.3) is 0 Å². The molecule has 0 unspecified atom stereocenters. The molecule has 0 aromatic carbocycles. The molecule has 1 saturated heterocycles.